The lowest BCUT2D eigenvalue weighted by Gasteiger charge is -2.16. The van der Waals surface area contributed by atoms with Gasteiger partial charge < -0.3 is 14.6 Å². The molecule has 0 aromatic heterocycles. The van der Waals surface area contributed by atoms with Crippen LogP contribution in [-0.4, -0.2) is 17.7 Å². The van der Waals surface area contributed by atoms with Gasteiger partial charge in [0.15, 0.2) is 6.10 Å². The molecule has 128 valence electrons. The number of rotatable bonds is 7. The summed E-state index contributed by atoms with van der Waals surface area (Å²) in [7, 11) is 0. The Morgan fingerprint density at radius 2 is 1.92 bits per heavy atom. The Hall–Kier alpha value is -2.33. The summed E-state index contributed by atoms with van der Waals surface area (Å²) < 4.78 is 10.9. The van der Waals surface area contributed by atoms with Crippen molar-refractivity contribution in [2.75, 3.05) is 6.61 Å². The van der Waals surface area contributed by atoms with E-state index in [1.807, 2.05) is 51.1 Å². The second kappa shape index (κ2) is 8.50. The summed E-state index contributed by atoms with van der Waals surface area (Å²) in [5, 5.41) is 10.3. The molecule has 0 bridgehead atoms. The molecule has 0 fully saturated rings. The minimum Gasteiger partial charge on any atom is -0.489 e. The van der Waals surface area contributed by atoms with Crippen molar-refractivity contribution in [2.45, 2.75) is 39.9 Å². The number of aliphatic hydroxyl groups is 1. The number of hydrogen-bond donors (Lipinski definition) is 1. The standard InChI is InChI=1S/C20H24O4/c1-4-11-23-20(22)19(21)17-8-6-5-7-16(17)13-24-18-12-14(2)9-10-15(18)3/h5-10,12,19,21H,4,11,13H2,1-3H3. The molecule has 4 nitrogen and oxygen atoms in total. The number of aryl methyl sites for hydroxylation is 2. The Morgan fingerprint density at radius 3 is 2.67 bits per heavy atom. The van der Waals surface area contributed by atoms with E-state index in [1.54, 1.807) is 12.1 Å². The lowest BCUT2D eigenvalue weighted by molar-refractivity contribution is -0.154. The van der Waals surface area contributed by atoms with Gasteiger partial charge in [-0.25, -0.2) is 4.79 Å². The first-order valence-electron chi connectivity index (χ1n) is 8.15. The van der Waals surface area contributed by atoms with Crippen LogP contribution in [0.1, 0.15) is 41.7 Å². The lowest BCUT2D eigenvalue weighted by atomic mass is 10.0. The van der Waals surface area contributed by atoms with E-state index >= 15 is 0 Å². The van der Waals surface area contributed by atoms with Crippen molar-refractivity contribution < 1.29 is 19.4 Å². The lowest BCUT2D eigenvalue weighted by Crippen LogP contribution is -2.18. The van der Waals surface area contributed by atoms with Gasteiger partial charge in [0.2, 0.25) is 0 Å². The van der Waals surface area contributed by atoms with Crippen molar-refractivity contribution in [3.63, 3.8) is 0 Å². The molecule has 0 saturated carbocycles. The number of aliphatic hydroxyl groups excluding tert-OH is 1. The summed E-state index contributed by atoms with van der Waals surface area (Å²) >= 11 is 0. The number of ether oxygens (including phenoxy) is 2. The molecule has 0 radical (unpaired) electrons. The Labute approximate surface area is 143 Å². The zero-order valence-electron chi connectivity index (χ0n) is 14.4. The van der Waals surface area contributed by atoms with Crippen LogP contribution in [0.2, 0.25) is 0 Å². The minimum atomic E-state index is -1.30. The van der Waals surface area contributed by atoms with Gasteiger partial charge in [0.05, 0.1) is 6.61 Å². The molecule has 2 rings (SSSR count). The van der Waals surface area contributed by atoms with E-state index < -0.39 is 12.1 Å². The van der Waals surface area contributed by atoms with Crippen molar-refractivity contribution in [2.24, 2.45) is 0 Å². The van der Waals surface area contributed by atoms with Crippen molar-refractivity contribution in [1.82, 2.24) is 0 Å². The van der Waals surface area contributed by atoms with Gasteiger partial charge in [-0.15, -0.1) is 0 Å². The molecule has 0 spiro atoms. The summed E-state index contributed by atoms with van der Waals surface area (Å²) in [5.74, 6) is 0.170. The molecule has 0 aliphatic rings. The first kappa shape index (κ1) is 18.0. The average molecular weight is 328 g/mol. The monoisotopic (exact) mass is 328 g/mol. The van der Waals surface area contributed by atoms with Gasteiger partial charge in [-0.05, 0) is 48.6 Å². The maximum absolute atomic E-state index is 11.9. The maximum Gasteiger partial charge on any atom is 0.339 e. The molecule has 0 aliphatic carbocycles. The largest absolute Gasteiger partial charge is 0.489 e. The summed E-state index contributed by atoms with van der Waals surface area (Å²) in [6.07, 6.45) is -0.578. The van der Waals surface area contributed by atoms with Crippen LogP contribution in [-0.2, 0) is 16.1 Å². The van der Waals surface area contributed by atoms with Crippen molar-refractivity contribution in [3.8, 4) is 5.75 Å². The van der Waals surface area contributed by atoms with Gasteiger partial charge in [0.1, 0.15) is 12.4 Å². The van der Waals surface area contributed by atoms with Crippen molar-refractivity contribution >= 4 is 5.97 Å². The average Bonchev–Trinajstić information content (AvgIpc) is 2.60. The zero-order valence-corrected chi connectivity index (χ0v) is 14.4. The second-order valence-electron chi connectivity index (χ2n) is 5.83. The highest BCUT2D eigenvalue weighted by atomic mass is 16.5. The summed E-state index contributed by atoms with van der Waals surface area (Å²) in [6.45, 7) is 6.48. The summed E-state index contributed by atoms with van der Waals surface area (Å²) in [5.41, 5.74) is 3.44. The molecule has 1 unspecified atom stereocenters. The Balaban J connectivity index is 2.14. The molecule has 24 heavy (non-hydrogen) atoms. The predicted molar refractivity (Wildman–Crippen MR) is 92.9 cm³/mol. The quantitative estimate of drug-likeness (QED) is 0.784. The van der Waals surface area contributed by atoms with Crippen LogP contribution in [0.25, 0.3) is 0 Å². The first-order chi connectivity index (χ1) is 11.5. The Bertz CT molecular complexity index is 694. The fourth-order valence-electron chi connectivity index (χ4n) is 2.36. The molecule has 1 N–H and O–H groups in total. The normalized spacial score (nSPS) is 11.8. The molecule has 0 amide bonds. The minimum absolute atomic E-state index is 0.276. The van der Waals surface area contributed by atoms with Crippen LogP contribution in [0.5, 0.6) is 5.75 Å². The van der Waals surface area contributed by atoms with E-state index in [-0.39, 0.29) is 6.61 Å². The fourth-order valence-corrected chi connectivity index (χ4v) is 2.36. The fraction of sp³-hybridized carbons (Fsp3) is 0.350. The van der Waals surface area contributed by atoms with Crippen LogP contribution in [0.3, 0.4) is 0 Å². The smallest absolute Gasteiger partial charge is 0.339 e. The van der Waals surface area contributed by atoms with E-state index in [0.29, 0.717) is 12.2 Å². The highest BCUT2D eigenvalue weighted by Gasteiger charge is 2.21. The van der Waals surface area contributed by atoms with Crippen LogP contribution < -0.4 is 4.74 Å². The molecule has 0 heterocycles. The molecule has 2 aromatic carbocycles. The Morgan fingerprint density at radius 1 is 1.17 bits per heavy atom. The number of esters is 1. The van der Waals surface area contributed by atoms with Gasteiger partial charge in [-0.2, -0.15) is 0 Å². The van der Waals surface area contributed by atoms with Crippen LogP contribution in [0, 0.1) is 13.8 Å². The number of carbonyl (C=O) groups excluding carboxylic acids is 1. The molecule has 0 aliphatic heterocycles. The van der Waals surface area contributed by atoms with Crippen molar-refractivity contribution in [3.05, 3.63) is 64.7 Å². The van der Waals surface area contributed by atoms with Gasteiger partial charge >= 0.3 is 5.97 Å². The van der Waals surface area contributed by atoms with Crippen molar-refractivity contribution in [1.29, 1.82) is 0 Å². The highest BCUT2D eigenvalue weighted by Crippen LogP contribution is 2.24. The summed E-state index contributed by atoms with van der Waals surface area (Å²) in [6, 6.07) is 13.2. The summed E-state index contributed by atoms with van der Waals surface area (Å²) in [4.78, 5) is 11.9. The Kier molecular flexibility index (Phi) is 6.38. The van der Waals surface area contributed by atoms with E-state index in [9.17, 15) is 9.90 Å². The molecule has 1 atom stereocenters. The second-order valence-corrected chi connectivity index (χ2v) is 5.83. The zero-order chi connectivity index (χ0) is 17.5. The van der Waals surface area contributed by atoms with Crippen LogP contribution in [0.4, 0.5) is 0 Å². The molecule has 2 aromatic rings. The van der Waals surface area contributed by atoms with E-state index in [0.717, 1.165) is 28.9 Å². The SMILES string of the molecule is CCCOC(=O)C(O)c1ccccc1COc1cc(C)ccc1C. The third kappa shape index (κ3) is 4.59. The van der Waals surface area contributed by atoms with Gasteiger partial charge in [-0.1, -0.05) is 43.3 Å². The highest BCUT2D eigenvalue weighted by molar-refractivity contribution is 5.76. The van der Waals surface area contributed by atoms with Gasteiger partial charge in [0.25, 0.3) is 0 Å². The van der Waals surface area contributed by atoms with E-state index in [1.165, 1.54) is 0 Å². The topological polar surface area (TPSA) is 55.8 Å². The van der Waals surface area contributed by atoms with Crippen LogP contribution >= 0.6 is 0 Å². The predicted octanol–water partition coefficient (Wildman–Crippen LogP) is 3.87. The number of benzene rings is 2. The number of carbonyl (C=O) groups is 1. The first-order valence-corrected chi connectivity index (χ1v) is 8.15. The molecular weight excluding hydrogens is 304 g/mol. The molecule has 4 heteroatoms. The van der Waals surface area contributed by atoms with Gasteiger partial charge in [-0.3, -0.25) is 0 Å². The van der Waals surface area contributed by atoms with Gasteiger partial charge in [0, 0.05) is 0 Å². The molecule has 0 saturated heterocycles. The number of hydrogen-bond acceptors (Lipinski definition) is 4. The third-order valence-corrected chi connectivity index (χ3v) is 3.75. The molecular formula is C20H24O4. The van der Waals surface area contributed by atoms with E-state index in [4.69, 9.17) is 9.47 Å². The maximum atomic E-state index is 11.9. The van der Waals surface area contributed by atoms with Crippen LogP contribution in [0.15, 0.2) is 42.5 Å². The van der Waals surface area contributed by atoms with E-state index in [2.05, 4.69) is 0 Å². The third-order valence-electron chi connectivity index (χ3n) is 3.75.